The average molecular weight is 580 g/mol. The highest BCUT2D eigenvalue weighted by Crippen LogP contribution is 2.30. The Kier molecular flexibility index (Phi) is 7.40. The summed E-state index contributed by atoms with van der Waals surface area (Å²) in [5, 5.41) is 20.7. The predicted octanol–water partition coefficient (Wildman–Crippen LogP) is 5.92. The molecule has 39 heavy (non-hydrogen) atoms. The first-order valence-electron chi connectivity index (χ1n) is 12.0. The predicted molar refractivity (Wildman–Crippen MR) is 155 cm³/mol. The minimum atomic E-state index is -4.22. The number of halogens is 2. The molecule has 5 rings (SSSR count). The zero-order valence-corrected chi connectivity index (χ0v) is 23.4. The van der Waals surface area contributed by atoms with Gasteiger partial charge in [-0.1, -0.05) is 65.7 Å². The summed E-state index contributed by atoms with van der Waals surface area (Å²) in [6.45, 7) is 3.85. The zero-order valence-electron chi connectivity index (χ0n) is 21.1. The van der Waals surface area contributed by atoms with Gasteiger partial charge in [0, 0.05) is 21.7 Å². The first-order valence-corrected chi connectivity index (χ1v) is 14.2. The standard InChI is InChI=1S/C28H24Cl2N6O2S/c1-18-16-19(2)36(32-18)27(31)28(34-39(37,38)24-14-12-23(30)13-15-24)35-17-25(20-6-4-3-5-7-20)26(33-35)21-8-10-22(29)11-9-21/h3-16,25,31H,17H2,1-2H3/b31-27?,34-28+. The van der Waals surface area contributed by atoms with Crippen molar-refractivity contribution in [3.05, 3.63) is 117 Å². The highest BCUT2D eigenvalue weighted by molar-refractivity contribution is 7.90. The Morgan fingerprint density at radius 3 is 2.15 bits per heavy atom. The van der Waals surface area contributed by atoms with E-state index in [9.17, 15) is 8.42 Å². The maximum Gasteiger partial charge on any atom is 0.284 e. The van der Waals surface area contributed by atoms with E-state index in [1.54, 1.807) is 32.0 Å². The number of nitrogens with zero attached hydrogens (tertiary/aromatic N) is 5. The lowest BCUT2D eigenvalue weighted by Crippen LogP contribution is -2.37. The summed E-state index contributed by atoms with van der Waals surface area (Å²) < 4.78 is 32.4. The molecule has 1 N–H and O–H groups in total. The van der Waals surface area contributed by atoms with Crippen molar-refractivity contribution in [1.29, 1.82) is 5.41 Å². The Bertz CT molecular complexity index is 1700. The molecule has 8 nitrogen and oxygen atoms in total. The molecule has 11 heteroatoms. The summed E-state index contributed by atoms with van der Waals surface area (Å²) in [4.78, 5) is -0.0497. The van der Waals surface area contributed by atoms with Crippen molar-refractivity contribution < 1.29 is 8.42 Å². The molecule has 0 spiro atoms. The minimum Gasteiger partial charge on any atom is -0.280 e. The molecule has 1 unspecified atom stereocenters. The maximum atomic E-state index is 13.4. The van der Waals surface area contributed by atoms with Gasteiger partial charge in [-0.2, -0.15) is 18.6 Å². The Morgan fingerprint density at radius 1 is 0.949 bits per heavy atom. The SMILES string of the molecule is Cc1cc(C)n(C(=N)/C(=N\S(=O)(=O)c2ccc(Cl)cc2)N2CC(c3ccccc3)C(c3ccc(Cl)cc3)=N2)n1. The molecular weight excluding hydrogens is 555 g/mol. The van der Waals surface area contributed by atoms with E-state index in [1.807, 2.05) is 42.5 Å². The van der Waals surface area contributed by atoms with Crippen LogP contribution in [0.4, 0.5) is 0 Å². The number of hydrogen-bond donors (Lipinski definition) is 1. The molecule has 0 saturated carbocycles. The molecule has 0 saturated heterocycles. The fourth-order valence-electron chi connectivity index (χ4n) is 4.40. The molecule has 2 heterocycles. The molecular formula is C28H24Cl2N6O2S. The van der Waals surface area contributed by atoms with Crippen LogP contribution in [0, 0.1) is 19.3 Å². The van der Waals surface area contributed by atoms with E-state index in [2.05, 4.69) is 9.50 Å². The average Bonchev–Trinajstić information content (AvgIpc) is 3.51. The molecule has 4 aromatic rings. The number of sulfonamides is 1. The van der Waals surface area contributed by atoms with Crippen molar-refractivity contribution >= 4 is 50.6 Å². The van der Waals surface area contributed by atoms with E-state index in [1.165, 1.54) is 34.0 Å². The van der Waals surface area contributed by atoms with Crippen molar-refractivity contribution in [2.45, 2.75) is 24.7 Å². The van der Waals surface area contributed by atoms with Crippen LogP contribution in [-0.4, -0.2) is 47.1 Å². The monoisotopic (exact) mass is 578 g/mol. The fraction of sp³-hybridized carbons (Fsp3) is 0.143. The summed E-state index contributed by atoms with van der Waals surface area (Å²) in [7, 11) is -4.22. The van der Waals surface area contributed by atoms with Crippen LogP contribution in [0.15, 0.2) is 99.3 Å². The van der Waals surface area contributed by atoms with Crippen molar-refractivity contribution in [2.24, 2.45) is 9.50 Å². The summed E-state index contributed by atoms with van der Waals surface area (Å²) >= 11 is 12.1. The second-order valence-electron chi connectivity index (χ2n) is 9.07. The number of aromatic nitrogens is 2. The Morgan fingerprint density at radius 2 is 1.56 bits per heavy atom. The Labute approximate surface area is 236 Å². The molecule has 0 fully saturated rings. The molecule has 0 aliphatic carbocycles. The molecule has 198 valence electrons. The van der Waals surface area contributed by atoms with Gasteiger partial charge in [-0.05, 0) is 67.4 Å². The third kappa shape index (κ3) is 5.66. The highest BCUT2D eigenvalue weighted by Gasteiger charge is 2.35. The number of amidine groups is 1. The molecule has 0 amide bonds. The van der Waals surface area contributed by atoms with Gasteiger partial charge >= 0.3 is 0 Å². The molecule has 1 aliphatic heterocycles. The summed E-state index contributed by atoms with van der Waals surface area (Å²) in [5.74, 6) is -0.587. The lowest BCUT2D eigenvalue weighted by Gasteiger charge is -2.19. The van der Waals surface area contributed by atoms with E-state index in [-0.39, 0.29) is 29.0 Å². The number of rotatable bonds is 4. The van der Waals surface area contributed by atoms with E-state index in [0.29, 0.717) is 27.1 Å². The van der Waals surface area contributed by atoms with E-state index in [0.717, 1.165) is 11.1 Å². The highest BCUT2D eigenvalue weighted by atomic mass is 35.5. The number of benzene rings is 3. The van der Waals surface area contributed by atoms with Gasteiger partial charge in [0.1, 0.15) is 0 Å². The Hall–Kier alpha value is -3.79. The van der Waals surface area contributed by atoms with Crippen LogP contribution >= 0.6 is 23.2 Å². The van der Waals surface area contributed by atoms with Crippen LogP contribution in [0.2, 0.25) is 10.0 Å². The van der Waals surface area contributed by atoms with Gasteiger partial charge in [0.25, 0.3) is 10.0 Å². The van der Waals surface area contributed by atoms with E-state index < -0.39 is 10.0 Å². The van der Waals surface area contributed by atoms with Crippen LogP contribution in [0.5, 0.6) is 0 Å². The summed E-state index contributed by atoms with van der Waals surface area (Å²) in [5.41, 5.74) is 3.87. The second kappa shape index (κ2) is 10.8. The van der Waals surface area contributed by atoms with Crippen LogP contribution < -0.4 is 0 Å². The van der Waals surface area contributed by atoms with Crippen LogP contribution in [-0.2, 0) is 10.0 Å². The zero-order chi connectivity index (χ0) is 27.7. The van der Waals surface area contributed by atoms with Gasteiger partial charge in [0.15, 0.2) is 5.84 Å². The maximum absolute atomic E-state index is 13.4. The van der Waals surface area contributed by atoms with E-state index >= 15 is 0 Å². The molecule has 0 radical (unpaired) electrons. The fourth-order valence-corrected chi connectivity index (χ4v) is 5.64. The third-order valence-corrected chi connectivity index (χ3v) is 8.04. The molecule has 1 aromatic heterocycles. The van der Waals surface area contributed by atoms with Crippen LogP contribution in [0.25, 0.3) is 0 Å². The largest absolute Gasteiger partial charge is 0.284 e. The van der Waals surface area contributed by atoms with Crippen LogP contribution in [0.3, 0.4) is 0 Å². The Balaban J connectivity index is 1.66. The third-order valence-electron chi connectivity index (χ3n) is 6.25. The smallest absolute Gasteiger partial charge is 0.280 e. The van der Waals surface area contributed by atoms with Gasteiger partial charge in [0.2, 0.25) is 5.84 Å². The number of hydrazone groups is 1. The second-order valence-corrected chi connectivity index (χ2v) is 11.5. The number of aryl methyl sites for hydroxylation is 2. The summed E-state index contributed by atoms with van der Waals surface area (Å²) in [6, 6.07) is 24.6. The van der Waals surface area contributed by atoms with Gasteiger partial charge in [-0.15, -0.1) is 4.40 Å². The van der Waals surface area contributed by atoms with E-state index in [4.69, 9.17) is 33.7 Å². The van der Waals surface area contributed by atoms with Crippen molar-refractivity contribution in [3.63, 3.8) is 0 Å². The van der Waals surface area contributed by atoms with Crippen LogP contribution in [0.1, 0.15) is 28.4 Å². The van der Waals surface area contributed by atoms with Gasteiger partial charge < -0.3 is 0 Å². The van der Waals surface area contributed by atoms with Gasteiger partial charge in [-0.3, -0.25) is 5.41 Å². The first kappa shape index (κ1) is 26.8. The first-order chi connectivity index (χ1) is 18.6. The molecule has 3 aromatic carbocycles. The summed E-state index contributed by atoms with van der Waals surface area (Å²) in [6.07, 6.45) is 0. The molecule has 1 atom stereocenters. The lowest BCUT2D eigenvalue weighted by molar-refractivity contribution is 0.479. The van der Waals surface area contributed by atoms with Crippen molar-refractivity contribution in [1.82, 2.24) is 14.8 Å². The topological polar surface area (TPSA) is 104 Å². The normalized spacial score (nSPS) is 15.9. The van der Waals surface area contributed by atoms with Crippen molar-refractivity contribution in [3.8, 4) is 0 Å². The quantitative estimate of drug-likeness (QED) is 0.239. The number of nitrogens with one attached hydrogen (secondary N) is 1. The molecule has 1 aliphatic rings. The lowest BCUT2D eigenvalue weighted by atomic mass is 9.91. The van der Waals surface area contributed by atoms with Gasteiger partial charge in [-0.25, -0.2) is 9.69 Å². The number of hydrogen-bond acceptors (Lipinski definition) is 5. The molecule has 0 bridgehead atoms. The van der Waals surface area contributed by atoms with Gasteiger partial charge in [0.05, 0.1) is 22.8 Å². The van der Waals surface area contributed by atoms with Crippen molar-refractivity contribution in [2.75, 3.05) is 6.54 Å². The minimum absolute atomic E-state index is 0.0497.